The molecule has 1 aromatic rings. The van der Waals surface area contributed by atoms with Crippen molar-refractivity contribution in [1.29, 1.82) is 0 Å². The van der Waals surface area contributed by atoms with Crippen molar-refractivity contribution in [2.75, 3.05) is 7.05 Å². The van der Waals surface area contributed by atoms with Gasteiger partial charge >= 0.3 is 0 Å². The molecule has 1 nitrogen and oxygen atoms in total. The third kappa shape index (κ3) is 3.15. The molecule has 0 aliphatic carbocycles. The lowest BCUT2D eigenvalue weighted by atomic mass is 10.1. The van der Waals surface area contributed by atoms with Gasteiger partial charge in [0.15, 0.2) is 0 Å². The zero-order chi connectivity index (χ0) is 10.8. The van der Waals surface area contributed by atoms with Gasteiger partial charge in [-0.05, 0) is 40.3 Å². The lowest BCUT2D eigenvalue weighted by Crippen LogP contribution is -2.37. The van der Waals surface area contributed by atoms with Gasteiger partial charge in [-0.2, -0.15) is 0 Å². The van der Waals surface area contributed by atoms with E-state index in [1.165, 1.54) is 11.1 Å². The van der Waals surface area contributed by atoms with Crippen LogP contribution in [0.3, 0.4) is 0 Å². The number of hydrogen-bond acceptors (Lipinski definition) is 1. The van der Waals surface area contributed by atoms with Gasteiger partial charge in [0.25, 0.3) is 0 Å². The number of rotatable bonds is 2. The Morgan fingerprint density at radius 3 is 2.36 bits per heavy atom. The van der Waals surface area contributed by atoms with Crippen molar-refractivity contribution < 1.29 is 0 Å². The van der Waals surface area contributed by atoms with Crippen LogP contribution in [0.4, 0.5) is 0 Å². The van der Waals surface area contributed by atoms with Crippen LogP contribution in [-0.2, 0) is 6.54 Å². The van der Waals surface area contributed by atoms with Crippen molar-refractivity contribution in [2.24, 2.45) is 0 Å². The van der Waals surface area contributed by atoms with Crippen molar-refractivity contribution >= 4 is 0 Å². The van der Waals surface area contributed by atoms with Crippen LogP contribution in [0, 0.1) is 6.92 Å². The average molecular weight is 191 g/mol. The molecule has 0 N–H and O–H groups in total. The second kappa shape index (κ2) is 4.14. The van der Waals surface area contributed by atoms with Crippen LogP contribution in [0.2, 0.25) is 0 Å². The topological polar surface area (TPSA) is 3.24 Å². The highest BCUT2D eigenvalue weighted by atomic mass is 15.1. The molecule has 0 fully saturated rings. The molecule has 0 saturated heterocycles. The number of aryl methyl sites for hydroxylation is 1. The molecule has 0 bridgehead atoms. The smallest absolute Gasteiger partial charge is 0.0235 e. The fraction of sp³-hybridized carbons (Fsp3) is 0.538. The van der Waals surface area contributed by atoms with Crippen LogP contribution in [0.25, 0.3) is 0 Å². The molecule has 0 heterocycles. The van der Waals surface area contributed by atoms with Gasteiger partial charge in [0.05, 0.1) is 0 Å². The average Bonchev–Trinajstić information content (AvgIpc) is 2.02. The Morgan fingerprint density at radius 2 is 1.86 bits per heavy atom. The van der Waals surface area contributed by atoms with Crippen LogP contribution < -0.4 is 0 Å². The van der Waals surface area contributed by atoms with Gasteiger partial charge in [-0.15, -0.1) is 0 Å². The van der Waals surface area contributed by atoms with Crippen molar-refractivity contribution in [3.63, 3.8) is 0 Å². The van der Waals surface area contributed by atoms with Gasteiger partial charge in [0, 0.05) is 12.1 Å². The zero-order valence-corrected chi connectivity index (χ0v) is 9.96. The number of benzene rings is 1. The van der Waals surface area contributed by atoms with Crippen LogP contribution in [0.15, 0.2) is 24.3 Å². The SMILES string of the molecule is Cc1cccc(CN(C)C(C)(C)C)c1. The van der Waals surface area contributed by atoms with E-state index < -0.39 is 0 Å². The Hall–Kier alpha value is -0.820. The standard InChI is InChI=1S/C13H21N/c1-11-7-6-8-12(9-11)10-14(5)13(2,3)4/h6-9H,10H2,1-5H3. The summed E-state index contributed by atoms with van der Waals surface area (Å²) in [6, 6.07) is 8.71. The Morgan fingerprint density at radius 1 is 1.21 bits per heavy atom. The summed E-state index contributed by atoms with van der Waals surface area (Å²) in [6.07, 6.45) is 0. The zero-order valence-electron chi connectivity index (χ0n) is 9.96. The second-order valence-corrected chi connectivity index (χ2v) is 5.02. The lowest BCUT2D eigenvalue weighted by Gasteiger charge is -2.32. The molecule has 0 atom stereocenters. The van der Waals surface area contributed by atoms with Crippen molar-refractivity contribution in [1.82, 2.24) is 4.90 Å². The van der Waals surface area contributed by atoms with E-state index in [-0.39, 0.29) is 5.54 Å². The lowest BCUT2D eigenvalue weighted by molar-refractivity contribution is 0.167. The van der Waals surface area contributed by atoms with E-state index in [9.17, 15) is 0 Å². The fourth-order valence-corrected chi connectivity index (χ4v) is 1.32. The van der Waals surface area contributed by atoms with Crippen molar-refractivity contribution in [2.45, 2.75) is 39.8 Å². The maximum Gasteiger partial charge on any atom is 0.0235 e. The highest BCUT2D eigenvalue weighted by Gasteiger charge is 2.16. The van der Waals surface area contributed by atoms with Gasteiger partial charge in [-0.1, -0.05) is 29.8 Å². The molecule has 0 aliphatic rings. The predicted molar refractivity (Wildman–Crippen MR) is 62.4 cm³/mol. The molecule has 0 amide bonds. The summed E-state index contributed by atoms with van der Waals surface area (Å²) in [5.74, 6) is 0. The minimum atomic E-state index is 0.240. The fourth-order valence-electron chi connectivity index (χ4n) is 1.32. The third-order valence-corrected chi connectivity index (χ3v) is 2.65. The van der Waals surface area contributed by atoms with Gasteiger partial charge in [-0.25, -0.2) is 0 Å². The highest BCUT2D eigenvalue weighted by Crippen LogP contribution is 2.15. The van der Waals surface area contributed by atoms with Crippen molar-refractivity contribution in [3.8, 4) is 0 Å². The van der Waals surface area contributed by atoms with Gasteiger partial charge in [0.1, 0.15) is 0 Å². The first-order valence-electron chi connectivity index (χ1n) is 5.16. The molecular weight excluding hydrogens is 170 g/mol. The molecule has 1 rings (SSSR count). The summed E-state index contributed by atoms with van der Waals surface area (Å²) in [6.45, 7) is 9.88. The normalized spacial score (nSPS) is 12.1. The summed E-state index contributed by atoms with van der Waals surface area (Å²) in [5, 5.41) is 0. The first-order valence-corrected chi connectivity index (χ1v) is 5.16. The molecule has 0 spiro atoms. The Labute approximate surface area is 87.7 Å². The highest BCUT2D eigenvalue weighted by molar-refractivity contribution is 5.22. The molecule has 1 aromatic carbocycles. The van der Waals surface area contributed by atoms with E-state index in [1.807, 2.05) is 0 Å². The molecular formula is C13H21N. The van der Waals surface area contributed by atoms with E-state index in [0.29, 0.717) is 0 Å². The van der Waals surface area contributed by atoms with Crippen molar-refractivity contribution in [3.05, 3.63) is 35.4 Å². The Balaban J connectivity index is 2.70. The van der Waals surface area contributed by atoms with Crippen LogP contribution in [0.1, 0.15) is 31.9 Å². The van der Waals surface area contributed by atoms with E-state index in [4.69, 9.17) is 0 Å². The third-order valence-electron chi connectivity index (χ3n) is 2.65. The summed E-state index contributed by atoms with van der Waals surface area (Å²) < 4.78 is 0. The summed E-state index contributed by atoms with van der Waals surface area (Å²) in [5.41, 5.74) is 2.97. The first kappa shape index (κ1) is 11.3. The van der Waals surface area contributed by atoms with Gasteiger partial charge in [-0.3, -0.25) is 4.90 Å². The maximum absolute atomic E-state index is 2.36. The molecule has 0 aromatic heterocycles. The van der Waals surface area contributed by atoms with Crippen LogP contribution >= 0.6 is 0 Å². The van der Waals surface area contributed by atoms with E-state index >= 15 is 0 Å². The summed E-state index contributed by atoms with van der Waals surface area (Å²) >= 11 is 0. The largest absolute Gasteiger partial charge is 0.297 e. The van der Waals surface area contributed by atoms with Crippen LogP contribution in [-0.4, -0.2) is 17.5 Å². The monoisotopic (exact) mass is 191 g/mol. The predicted octanol–water partition coefficient (Wildman–Crippen LogP) is 3.23. The first-order chi connectivity index (χ1) is 6.39. The molecule has 78 valence electrons. The molecule has 14 heavy (non-hydrogen) atoms. The Kier molecular flexibility index (Phi) is 3.33. The summed E-state index contributed by atoms with van der Waals surface area (Å²) in [7, 11) is 2.17. The molecule has 1 heteroatoms. The minimum absolute atomic E-state index is 0.240. The quantitative estimate of drug-likeness (QED) is 0.693. The number of nitrogens with zero attached hydrogens (tertiary/aromatic N) is 1. The molecule has 0 aliphatic heterocycles. The molecule has 0 saturated carbocycles. The van der Waals surface area contributed by atoms with E-state index in [0.717, 1.165) is 6.54 Å². The van der Waals surface area contributed by atoms with Crippen LogP contribution in [0.5, 0.6) is 0 Å². The summed E-state index contributed by atoms with van der Waals surface area (Å²) in [4.78, 5) is 2.36. The molecule has 0 unspecified atom stereocenters. The molecule has 0 radical (unpaired) electrons. The maximum atomic E-state index is 2.36. The Bertz CT molecular complexity index is 296. The van der Waals surface area contributed by atoms with E-state index in [1.54, 1.807) is 0 Å². The van der Waals surface area contributed by atoms with E-state index in [2.05, 4.69) is 63.9 Å². The number of hydrogen-bond donors (Lipinski definition) is 0. The van der Waals surface area contributed by atoms with Gasteiger partial charge < -0.3 is 0 Å². The minimum Gasteiger partial charge on any atom is -0.297 e. The second-order valence-electron chi connectivity index (χ2n) is 5.02. The van der Waals surface area contributed by atoms with Gasteiger partial charge in [0.2, 0.25) is 0 Å².